The zero-order chi connectivity index (χ0) is 20.5. The van der Waals surface area contributed by atoms with Crippen LogP contribution in [0.3, 0.4) is 0 Å². The van der Waals surface area contributed by atoms with E-state index in [0.717, 1.165) is 25.9 Å². The summed E-state index contributed by atoms with van der Waals surface area (Å²) in [6, 6.07) is 0. The van der Waals surface area contributed by atoms with Crippen molar-refractivity contribution in [1.82, 2.24) is 5.32 Å². The van der Waals surface area contributed by atoms with E-state index in [-0.39, 0.29) is 23.9 Å². The first-order valence-corrected chi connectivity index (χ1v) is 10.9. The number of fused-ring (bicyclic) bond motifs is 3. The van der Waals surface area contributed by atoms with Gasteiger partial charge in [0, 0.05) is 39.7 Å². The molecule has 0 aromatic carbocycles. The average molecular weight is 394 g/mol. The highest BCUT2D eigenvalue weighted by molar-refractivity contribution is 5.35. The number of nitrogens with one attached hydrogen (secondary N) is 1. The number of rotatable bonds is 7. The minimum atomic E-state index is -1.31. The maximum Gasteiger partial charge on any atom is 0.126 e. The summed E-state index contributed by atoms with van der Waals surface area (Å²) in [7, 11) is 3.31. The Hall–Kier alpha value is -0.720. The van der Waals surface area contributed by atoms with Crippen LogP contribution in [0.25, 0.3) is 0 Å². The van der Waals surface area contributed by atoms with Crippen molar-refractivity contribution >= 4 is 0 Å². The van der Waals surface area contributed by atoms with Gasteiger partial charge in [-0.25, -0.2) is 0 Å². The summed E-state index contributed by atoms with van der Waals surface area (Å²) in [6.07, 6.45) is 8.34. The molecule has 28 heavy (non-hydrogen) atoms. The molecule has 0 bridgehead atoms. The van der Waals surface area contributed by atoms with E-state index in [0.29, 0.717) is 24.9 Å². The highest BCUT2D eigenvalue weighted by Gasteiger charge is 2.68. The zero-order valence-corrected chi connectivity index (χ0v) is 18.1. The summed E-state index contributed by atoms with van der Waals surface area (Å²) in [4.78, 5) is 0. The molecule has 0 spiro atoms. The fourth-order valence-corrected chi connectivity index (χ4v) is 6.35. The molecule has 3 N–H and O–H groups in total. The molecule has 5 heteroatoms. The molecule has 0 amide bonds. The van der Waals surface area contributed by atoms with Crippen LogP contribution in [0.4, 0.5) is 0 Å². The van der Waals surface area contributed by atoms with Gasteiger partial charge in [0.05, 0.1) is 6.10 Å². The lowest BCUT2D eigenvalue weighted by Crippen LogP contribution is -2.65. The summed E-state index contributed by atoms with van der Waals surface area (Å²) >= 11 is 0. The molecular weight excluding hydrogens is 354 g/mol. The van der Waals surface area contributed by atoms with Gasteiger partial charge in [-0.05, 0) is 43.1 Å². The molecule has 3 aliphatic rings. The van der Waals surface area contributed by atoms with E-state index in [1.807, 2.05) is 0 Å². The Kier molecular flexibility index (Phi) is 6.72. The van der Waals surface area contributed by atoms with Gasteiger partial charge in [-0.15, -0.1) is 0 Å². The third kappa shape index (κ3) is 3.29. The first kappa shape index (κ1) is 22.0. The van der Waals surface area contributed by atoms with Gasteiger partial charge in [0.1, 0.15) is 11.2 Å². The molecule has 0 aromatic heterocycles. The fourth-order valence-electron chi connectivity index (χ4n) is 6.35. The lowest BCUT2D eigenvalue weighted by molar-refractivity contribution is -0.236. The minimum absolute atomic E-state index is 0.0652. The van der Waals surface area contributed by atoms with Crippen LogP contribution >= 0.6 is 0 Å². The van der Waals surface area contributed by atoms with Crippen molar-refractivity contribution in [2.24, 2.45) is 29.6 Å². The van der Waals surface area contributed by atoms with Gasteiger partial charge in [0.2, 0.25) is 0 Å². The molecule has 2 saturated carbocycles. The number of aliphatic hydroxyl groups is 2. The molecule has 0 aromatic rings. The Morgan fingerprint density at radius 3 is 2.61 bits per heavy atom. The van der Waals surface area contributed by atoms with Gasteiger partial charge in [-0.2, -0.15) is 0 Å². The van der Waals surface area contributed by atoms with Crippen molar-refractivity contribution in [3.8, 4) is 0 Å². The van der Waals surface area contributed by atoms with Crippen LogP contribution in [0.5, 0.6) is 0 Å². The number of allylic oxidation sites excluding steroid dienone is 2. The highest BCUT2D eigenvalue weighted by Crippen LogP contribution is 2.59. The fraction of sp³-hybridized carbons (Fsp3) is 0.826. The number of hydrogen-bond donors (Lipinski definition) is 3. The monoisotopic (exact) mass is 393 g/mol. The van der Waals surface area contributed by atoms with Crippen LogP contribution in [0, 0.1) is 29.6 Å². The molecule has 0 radical (unpaired) electrons. The predicted molar refractivity (Wildman–Crippen MR) is 111 cm³/mol. The van der Waals surface area contributed by atoms with Gasteiger partial charge in [-0.3, -0.25) is 0 Å². The molecule has 3 unspecified atom stereocenters. The SMILES string of the molecule is CCNC[C@H]1C=CC=C2C1C[C@H](C)[C@](O)(CCOC)C1(O)C2C[C@@H](C)[C@@H]1OC. The van der Waals surface area contributed by atoms with Crippen molar-refractivity contribution in [1.29, 1.82) is 0 Å². The largest absolute Gasteiger partial charge is 0.386 e. The molecule has 3 rings (SSSR count). The molecule has 3 aliphatic carbocycles. The Labute approximate surface area is 170 Å². The molecule has 2 fully saturated rings. The normalized spacial score (nSPS) is 45.3. The second-order valence-electron chi connectivity index (χ2n) is 9.18. The van der Waals surface area contributed by atoms with Gasteiger partial charge in [-0.1, -0.05) is 44.6 Å². The third-order valence-electron chi connectivity index (χ3n) is 7.77. The Balaban J connectivity index is 2.08. The molecule has 5 nitrogen and oxygen atoms in total. The van der Waals surface area contributed by atoms with Crippen LogP contribution < -0.4 is 5.32 Å². The standard InChI is InChI=1S/C23H39NO4/c1-6-24-14-17-8-7-9-18-19(17)13-16(3)22(25,10-11-27-4)23(26)20(18)12-15(2)21(23)28-5/h7-9,15-17,19-21,24-26H,6,10-14H2,1-5H3/t15-,16+,17-,19?,20?,21+,22-,23?/m1/s1. The van der Waals surface area contributed by atoms with Crippen LogP contribution in [0.1, 0.15) is 40.0 Å². The first-order valence-electron chi connectivity index (χ1n) is 10.9. The Morgan fingerprint density at radius 2 is 1.96 bits per heavy atom. The Morgan fingerprint density at radius 1 is 1.21 bits per heavy atom. The van der Waals surface area contributed by atoms with Crippen molar-refractivity contribution in [3.05, 3.63) is 23.8 Å². The molecule has 0 aliphatic heterocycles. The molecule has 160 valence electrons. The highest BCUT2D eigenvalue weighted by atomic mass is 16.5. The first-order chi connectivity index (χ1) is 13.3. The van der Waals surface area contributed by atoms with Crippen molar-refractivity contribution in [3.63, 3.8) is 0 Å². The average Bonchev–Trinajstić information content (AvgIpc) is 2.92. The third-order valence-corrected chi connectivity index (χ3v) is 7.77. The maximum atomic E-state index is 12.2. The summed E-state index contributed by atoms with van der Waals surface area (Å²) in [6.45, 7) is 8.64. The van der Waals surface area contributed by atoms with Crippen LogP contribution in [0.2, 0.25) is 0 Å². The molecule has 0 saturated heterocycles. The molecule has 8 atom stereocenters. The van der Waals surface area contributed by atoms with Gasteiger partial charge < -0.3 is 25.0 Å². The topological polar surface area (TPSA) is 71.0 Å². The smallest absolute Gasteiger partial charge is 0.126 e. The second kappa shape index (κ2) is 8.57. The minimum Gasteiger partial charge on any atom is -0.386 e. The summed E-state index contributed by atoms with van der Waals surface area (Å²) in [5.41, 5.74) is -1.27. The van der Waals surface area contributed by atoms with E-state index < -0.39 is 11.2 Å². The lowest BCUT2D eigenvalue weighted by Gasteiger charge is -2.49. The van der Waals surface area contributed by atoms with E-state index in [4.69, 9.17) is 9.47 Å². The van der Waals surface area contributed by atoms with Crippen molar-refractivity contribution in [2.75, 3.05) is 33.9 Å². The summed E-state index contributed by atoms with van der Waals surface area (Å²) in [5.74, 6) is 0.727. The van der Waals surface area contributed by atoms with E-state index in [1.54, 1.807) is 14.2 Å². The van der Waals surface area contributed by atoms with E-state index in [9.17, 15) is 10.2 Å². The van der Waals surface area contributed by atoms with Crippen molar-refractivity contribution < 1.29 is 19.7 Å². The lowest BCUT2D eigenvalue weighted by atomic mass is 9.66. The predicted octanol–water partition coefficient (Wildman–Crippen LogP) is 2.53. The van der Waals surface area contributed by atoms with Crippen LogP contribution in [-0.4, -0.2) is 61.4 Å². The van der Waals surface area contributed by atoms with Crippen LogP contribution in [-0.2, 0) is 9.47 Å². The van der Waals surface area contributed by atoms with Gasteiger partial charge in [0.25, 0.3) is 0 Å². The summed E-state index contributed by atoms with van der Waals surface area (Å²) in [5, 5.41) is 27.8. The number of methoxy groups -OCH3 is 2. The molecular formula is C23H39NO4. The van der Waals surface area contributed by atoms with Gasteiger partial charge >= 0.3 is 0 Å². The maximum absolute atomic E-state index is 12.2. The Bertz CT molecular complexity index is 605. The van der Waals surface area contributed by atoms with E-state index >= 15 is 0 Å². The molecule has 0 heterocycles. The van der Waals surface area contributed by atoms with E-state index in [1.165, 1.54) is 5.57 Å². The zero-order valence-electron chi connectivity index (χ0n) is 18.1. The number of ether oxygens (including phenoxy) is 2. The van der Waals surface area contributed by atoms with E-state index in [2.05, 4.69) is 44.3 Å². The second-order valence-corrected chi connectivity index (χ2v) is 9.18. The van der Waals surface area contributed by atoms with Crippen molar-refractivity contribution in [2.45, 2.75) is 57.3 Å². The van der Waals surface area contributed by atoms with Gasteiger partial charge in [0.15, 0.2) is 0 Å². The quantitative estimate of drug-likeness (QED) is 0.620. The van der Waals surface area contributed by atoms with Crippen LogP contribution in [0.15, 0.2) is 23.8 Å². The number of hydrogen-bond acceptors (Lipinski definition) is 5. The summed E-state index contributed by atoms with van der Waals surface area (Å²) < 4.78 is 11.2.